The van der Waals surface area contributed by atoms with E-state index in [9.17, 15) is 4.79 Å². The summed E-state index contributed by atoms with van der Waals surface area (Å²) in [5.41, 5.74) is 7.36. The lowest BCUT2D eigenvalue weighted by Crippen LogP contribution is -2.05. The fourth-order valence-electron chi connectivity index (χ4n) is 1.87. The van der Waals surface area contributed by atoms with E-state index in [4.69, 9.17) is 15.2 Å². The zero-order chi connectivity index (χ0) is 15.2. The molecule has 1 aromatic heterocycles. The van der Waals surface area contributed by atoms with E-state index >= 15 is 0 Å². The van der Waals surface area contributed by atoms with E-state index < -0.39 is 0 Å². The van der Waals surface area contributed by atoms with Gasteiger partial charge in [-0.25, -0.2) is 4.79 Å². The Morgan fingerprint density at radius 1 is 1.29 bits per heavy atom. The van der Waals surface area contributed by atoms with E-state index in [0.29, 0.717) is 23.8 Å². The molecular formula is C16H19NO3S. The molecule has 0 aliphatic rings. The molecule has 21 heavy (non-hydrogen) atoms. The van der Waals surface area contributed by atoms with Gasteiger partial charge in [0.1, 0.15) is 10.6 Å². The summed E-state index contributed by atoms with van der Waals surface area (Å²) in [6, 6.07) is 9.54. The van der Waals surface area contributed by atoms with Crippen molar-refractivity contribution in [1.29, 1.82) is 0 Å². The van der Waals surface area contributed by atoms with Gasteiger partial charge in [-0.15, -0.1) is 11.3 Å². The molecule has 0 amide bonds. The Morgan fingerprint density at radius 3 is 2.81 bits per heavy atom. The van der Waals surface area contributed by atoms with Gasteiger partial charge in [-0.05, 0) is 37.1 Å². The minimum Gasteiger partial charge on any atom is -0.494 e. The van der Waals surface area contributed by atoms with Crippen LogP contribution in [-0.2, 0) is 4.74 Å². The van der Waals surface area contributed by atoms with Crippen LogP contribution in [-0.4, -0.2) is 19.2 Å². The summed E-state index contributed by atoms with van der Waals surface area (Å²) < 4.78 is 10.6. The molecule has 112 valence electrons. The highest BCUT2D eigenvalue weighted by atomic mass is 32.1. The molecule has 0 aliphatic heterocycles. The quantitative estimate of drug-likeness (QED) is 0.820. The van der Waals surface area contributed by atoms with E-state index in [1.165, 1.54) is 11.3 Å². The van der Waals surface area contributed by atoms with Crippen LogP contribution in [0.25, 0.3) is 10.4 Å². The minimum absolute atomic E-state index is 0.355. The second-order valence-electron chi connectivity index (χ2n) is 4.49. The number of hydrogen-bond donors (Lipinski definition) is 1. The van der Waals surface area contributed by atoms with Gasteiger partial charge >= 0.3 is 5.97 Å². The molecule has 1 heterocycles. The largest absolute Gasteiger partial charge is 0.494 e. The number of hydrogen-bond acceptors (Lipinski definition) is 5. The summed E-state index contributed by atoms with van der Waals surface area (Å²) in [4.78, 5) is 13.3. The monoisotopic (exact) mass is 305 g/mol. The number of thiophene rings is 1. The number of carbonyl (C=O) groups excluding carboxylic acids is 1. The third-order valence-electron chi connectivity index (χ3n) is 2.81. The number of benzene rings is 1. The van der Waals surface area contributed by atoms with Crippen LogP contribution in [0.3, 0.4) is 0 Å². The Balaban J connectivity index is 2.25. The van der Waals surface area contributed by atoms with Crippen molar-refractivity contribution in [2.75, 3.05) is 18.9 Å². The maximum Gasteiger partial charge on any atom is 0.350 e. The summed E-state index contributed by atoms with van der Waals surface area (Å²) >= 11 is 1.34. The molecule has 0 radical (unpaired) electrons. The van der Waals surface area contributed by atoms with Crippen LogP contribution < -0.4 is 10.5 Å². The Labute approximate surface area is 128 Å². The Kier molecular flexibility index (Phi) is 5.22. The van der Waals surface area contributed by atoms with E-state index in [-0.39, 0.29) is 5.97 Å². The average Bonchev–Trinajstić information content (AvgIpc) is 2.87. The molecule has 2 N–H and O–H groups in total. The molecule has 0 atom stereocenters. The van der Waals surface area contributed by atoms with Crippen molar-refractivity contribution in [1.82, 2.24) is 0 Å². The molecular weight excluding hydrogens is 286 g/mol. The van der Waals surface area contributed by atoms with E-state index in [1.807, 2.05) is 38.1 Å². The van der Waals surface area contributed by atoms with Crippen LogP contribution >= 0.6 is 11.3 Å². The summed E-state index contributed by atoms with van der Waals surface area (Å²) in [6.07, 6.45) is 0.792. The molecule has 0 saturated heterocycles. The fourth-order valence-corrected chi connectivity index (χ4v) is 2.84. The van der Waals surface area contributed by atoms with Gasteiger partial charge < -0.3 is 15.2 Å². The molecule has 0 spiro atoms. The van der Waals surface area contributed by atoms with Gasteiger partial charge in [0.2, 0.25) is 0 Å². The van der Waals surface area contributed by atoms with Crippen molar-refractivity contribution in [3.63, 3.8) is 0 Å². The first-order chi connectivity index (χ1) is 10.2. The number of esters is 1. The summed E-state index contributed by atoms with van der Waals surface area (Å²) in [5.74, 6) is 0.448. The van der Waals surface area contributed by atoms with Gasteiger partial charge in [0.15, 0.2) is 0 Å². The van der Waals surface area contributed by atoms with Gasteiger partial charge in [-0.1, -0.05) is 19.1 Å². The first-order valence-electron chi connectivity index (χ1n) is 6.95. The highest BCUT2D eigenvalue weighted by Gasteiger charge is 2.16. The van der Waals surface area contributed by atoms with Crippen LogP contribution in [0, 0.1) is 0 Å². The van der Waals surface area contributed by atoms with Crippen LogP contribution in [0.15, 0.2) is 30.3 Å². The maximum absolute atomic E-state index is 11.9. The second-order valence-corrected chi connectivity index (χ2v) is 5.54. The molecule has 2 rings (SSSR count). The van der Waals surface area contributed by atoms with Gasteiger partial charge in [-0.3, -0.25) is 0 Å². The average molecular weight is 305 g/mol. The number of anilines is 1. The first-order valence-corrected chi connectivity index (χ1v) is 7.77. The molecule has 0 unspecified atom stereocenters. The zero-order valence-corrected chi connectivity index (χ0v) is 13.0. The highest BCUT2D eigenvalue weighted by molar-refractivity contribution is 7.18. The van der Waals surface area contributed by atoms with Crippen LogP contribution in [0.4, 0.5) is 5.69 Å². The molecule has 4 nitrogen and oxygen atoms in total. The van der Waals surface area contributed by atoms with Crippen molar-refractivity contribution in [2.45, 2.75) is 20.3 Å². The van der Waals surface area contributed by atoms with Crippen LogP contribution in [0.5, 0.6) is 5.75 Å². The number of nitrogen functional groups attached to an aromatic ring is 1. The van der Waals surface area contributed by atoms with Gasteiger partial charge in [-0.2, -0.15) is 0 Å². The predicted octanol–water partition coefficient (Wildman–Crippen LogP) is 3.96. The van der Waals surface area contributed by atoms with Crippen molar-refractivity contribution >= 4 is 23.0 Å². The third-order valence-corrected chi connectivity index (χ3v) is 3.99. The summed E-state index contributed by atoms with van der Waals surface area (Å²) in [7, 11) is 0. The molecule has 1 aromatic carbocycles. The Bertz CT molecular complexity index is 622. The number of rotatable bonds is 6. The predicted molar refractivity (Wildman–Crippen MR) is 85.9 cm³/mol. The van der Waals surface area contributed by atoms with Crippen molar-refractivity contribution in [2.24, 2.45) is 0 Å². The number of nitrogens with two attached hydrogens (primary N) is 1. The molecule has 0 bridgehead atoms. The van der Waals surface area contributed by atoms with Crippen molar-refractivity contribution in [3.05, 3.63) is 35.2 Å². The van der Waals surface area contributed by atoms with Gasteiger partial charge in [0.25, 0.3) is 0 Å². The Hall–Kier alpha value is -2.01. The van der Waals surface area contributed by atoms with Crippen molar-refractivity contribution < 1.29 is 14.3 Å². The van der Waals surface area contributed by atoms with E-state index in [1.54, 1.807) is 6.07 Å². The Morgan fingerprint density at radius 2 is 2.10 bits per heavy atom. The lowest BCUT2D eigenvalue weighted by molar-refractivity contribution is 0.0512. The molecule has 5 heteroatoms. The van der Waals surface area contributed by atoms with Crippen LogP contribution in [0.2, 0.25) is 0 Å². The lowest BCUT2D eigenvalue weighted by atomic mass is 10.2. The first kappa shape index (κ1) is 15.4. The SMILES string of the molecule is CCCOC(=O)c1sc(-c2cccc(OCC)c2)cc1N. The number of ether oxygens (including phenoxy) is 2. The van der Waals surface area contributed by atoms with Gasteiger partial charge in [0, 0.05) is 4.88 Å². The fraction of sp³-hybridized carbons (Fsp3) is 0.312. The highest BCUT2D eigenvalue weighted by Crippen LogP contribution is 2.35. The normalized spacial score (nSPS) is 10.4. The van der Waals surface area contributed by atoms with Gasteiger partial charge in [0.05, 0.1) is 18.9 Å². The standard InChI is InChI=1S/C16H19NO3S/c1-3-8-20-16(18)15-13(17)10-14(21-15)11-6-5-7-12(9-11)19-4-2/h5-7,9-10H,3-4,8,17H2,1-2H3. The molecule has 0 fully saturated rings. The second kappa shape index (κ2) is 7.13. The van der Waals surface area contributed by atoms with E-state index in [2.05, 4.69) is 0 Å². The summed E-state index contributed by atoms with van der Waals surface area (Å²) in [6.45, 7) is 4.92. The molecule has 0 saturated carbocycles. The third kappa shape index (κ3) is 3.76. The summed E-state index contributed by atoms with van der Waals surface area (Å²) in [5, 5.41) is 0. The van der Waals surface area contributed by atoms with E-state index in [0.717, 1.165) is 22.6 Å². The smallest absolute Gasteiger partial charge is 0.350 e. The molecule has 2 aromatic rings. The molecule has 0 aliphatic carbocycles. The topological polar surface area (TPSA) is 61.5 Å². The van der Waals surface area contributed by atoms with Crippen molar-refractivity contribution in [3.8, 4) is 16.2 Å². The zero-order valence-electron chi connectivity index (χ0n) is 12.2. The van der Waals surface area contributed by atoms with Crippen LogP contribution in [0.1, 0.15) is 29.9 Å². The maximum atomic E-state index is 11.9. The lowest BCUT2D eigenvalue weighted by Gasteiger charge is -2.04. The minimum atomic E-state index is -0.355. The number of carbonyl (C=O) groups is 1.